The molecular formula is C24H31N3O2. The number of para-hydroxylation sites is 2. The van der Waals surface area contributed by atoms with Crippen LogP contribution in [0, 0.1) is 13.8 Å². The third kappa shape index (κ3) is 4.97. The van der Waals surface area contributed by atoms with Crippen LogP contribution in [0.3, 0.4) is 0 Å². The molecule has 1 amide bonds. The van der Waals surface area contributed by atoms with Gasteiger partial charge in [-0.15, -0.1) is 0 Å². The molecule has 3 rings (SSSR count). The van der Waals surface area contributed by atoms with Gasteiger partial charge in [0.1, 0.15) is 24.7 Å². The molecule has 0 radical (unpaired) electrons. The maximum Gasteiger partial charge on any atom is 0.242 e. The Morgan fingerprint density at radius 3 is 2.52 bits per heavy atom. The Balaban J connectivity index is 1.87. The molecule has 154 valence electrons. The summed E-state index contributed by atoms with van der Waals surface area (Å²) in [4.78, 5) is 19.7. The summed E-state index contributed by atoms with van der Waals surface area (Å²) in [6.45, 7) is 10.5. The van der Waals surface area contributed by atoms with Gasteiger partial charge in [-0.05, 0) is 56.0 Å². The Morgan fingerprint density at radius 1 is 1.07 bits per heavy atom. The number of rotatable bonds is 9. The van der Waals surface area contributed by atoms with Crippen molar-refractivity contribution in [3.8, 4) is 5.75 Å². The van der Waals surface area contributed by atoms with Crippen LogP contribution in [0.15, 0.2) is 42.5 Å². The number of aryl methyl sites for hydroxylation is 2. The highest BCUT2D eigenvalue weighted by molar-refractivity contribution is 5.81. The second kappa shape index (κ2) is 9.59. The van der Waals surface area contributed by atoms with Crippen molar-refractivity contribution in [2.45, 2.75) is 53.7 Å². The van der Waals surface area contributed by atoms with Crippen LogP contribution >= 0.6 is 0 Å². The minimum atomic E-state index is 0.129. The highest BCUT2D eigenvalue weighted by atomic mass is 16.5. The first-order valence-electron chi connectivity index (χ1n) is 10.5. The van der Waals surface area contributed by atoms with Crippen molar-refractivity contribution in [3.63, 3.8) is 0 Å². The summed E-state index contributed by atoms with van der Waals surface area (Å²) >= 11 is 0. The van der Waals surface area contributed by atoms with Crippen LogP contribution in [0.5, 0.6) is 5.75 Å². The predicted molar refractivity (Wildman–Crippen MR) is 117 cm³/mol. The van der Waals surface area contributed by atoms with E-state index in [2.05, 4.69) is 32.9 Å². The van der Waals surface area contributed by atoms with Crippen LogP contribution in [-0.4, -0.2) is 33.4 Å². The lowest BCUT2D eigenvalue weighted by Gasteiger charge is -2.22. The van der Waals surface area contributed by atoms with E-state index in [1.807, 2.05) is 46.7 Å². The van der Waals surface area contributed by atoms with E-state index < -0.39 is 0 Å². The number of amides is 1. The summed E-state index contributed by atoms with van der Waals surface area (Å²) in [5.41, 5.74) is 4.10. The minimum Gasteiger partial charge on any atom is -0.485 e. The number of ether oxygens (including phenoxy) is 1. The number of imidazole rings is 1. The molecule has 3 aromatic rings. The molecule has 0 N–H and O–H groups in total. The number of carbonyl (C=O) groups excluding carboxylic acids is 1. The fourth-order valence-electron chi connectivity index (χ4n) is 3.55. The van der Waals surface area contributed by atoms with Crippen molar-refractivity contribution in [1.82, 2.24) is 14.5 Å². The van der Waals surface area contributed by atoms with Crippen LogP contribution in [0.4, 0.5) is 0 Å². The van der Waals surface area contributed by atoms with Gasteiger partial charge in [0.2, 0.25) is 5.91 Å². The Morgan fingerprint density at radius 2 is 1.79 bits per heavy atom. The quantitative estimate of drug-likeness (QED) is 0.520. The third-order valence-electron chi connectivity index (χ3n) is 5.07. The van der Waals surface area contributed by atoms with Gasteiger partial charge in [0.15, 0.2) is 0 Å². The zero-order chi connectivity index (χ0) is 20.8. The number of hydrogen-bond acceptors (Lipinski definition) is 3. The summed E-state index contributed by atoms with van der Waals surface area (Å²) in [5, 5.41) is 0. The first-order chi connectivity index (χ1) is 14.0. The SMILES string of the molecule is CCCN(CCC)C(=O)Cn1c(COc2cc(C)ccc2C)nc2ccccc21. The Labute approximate surface area is 173 Å². The molecule has 29 heavy (non-hydrogen) atoms. The predicted octanol–water partition coefficient (Wildman–Crippen LogP) is 4.88. The fourth-order valence-corrected chi connectivity index (χ4v) is 3.55. The van der Waals surface area contributed by atoms with Crippen LogP contribution in [0.25, 0.3) is 11.0 Å². The van der Waals surface area contributed by atoms with Crippen LogP contribution in [0.2, 0.25) is 0 Å². The molecule has 0 aliphatic rings. The van der Waals surface area contributed by atoms with Gasteiger partial charge in [0.25, 0.3) is 0 Å². The largest absolute Gasteiger partial charge is 0.485 e. The van der Waals surface area contributed by atoms with Gasteiger partial charge in [0.05, 0.1) is 11.0 Å². The molecular weight excluding hydrogens is 362 g/mol. The van der Waals surface area contributed by atoms with Gasteiger partial charge in [0, 0.05) is 13.1 Å². The Kier molecular flexibility index (Phi) is 6.91. The Hall–Kier alpha value is -2.82. The molecule has 0 atom stereocenters. The van der Waals surface area contributed by atoms with Crippen LogP contribution < -0.4 is 4.74 Å². The number of fused-ring (bicyclic) bond motifs is 1. The van der Waals surface area contributed by atoms with Crippen molar-refractivity contribution in [1.29, 1.82) is 0 Å². The number of aromatic nitrogens is 2. The van der Waals surface area contributed by atoms with Gasteiger partial charge in [-0.3, -0.25) is 4.79 Å². The molecule has 0 unspecified atom stereocenters. The molecule has 0 spiro atoms. The third-order valence-corrected chi connectivity index (χ3v) is 5.07. The molecule has 5 nitrogen and oxygen atoms in total. The van der Waals surface area contributed by atoms with Crippen molar-refractivity contribution in [2.75, 3.05) is 13.1 Å². The molecule has 0 saturated carbocycles. The molecule has 0 aliphatic heterocycles. The lowest BCUT2D eigenvalue weighted by Crippen LogP contribution is -2.35. The maximum absolute atomic E-state index is 13.0. The monoisotopic (exact) mass is 393 g/mol. The molecule has 1 heterocycles. The second-order valence-electron chi connectivity index (χ2n) is 7.54. The van der Waals surface area contributed by atoms with Gasteiger partial charge < -0.3 is 14.2 Å². The molecule has 2 aromatic carbocycles. The molecule has 0 aliphatic carbocycles. The first-order valence-corrected chi connectivity index (χ1v) is 10.5. The molecule has 0 fully saturated rings. The highest BCUT2D eigenvalue weighted by Crippen LogP contribution is 2.22. The standard InChI is InChI=1S/C24H31N3O2/c1-5-13-26(14-6-2)24(28)16-27-21-10-8-7-9-20(21)25-23(27)17-29-22-15-18(3)11-12-19(22)4/h7-12,15H,5-6,13-14,16-17H2,1-4H3. The smallest absolute Gasteiger partial charge is 0.242 e. The molecule has 0 saturated heterocycles. The van der Waals surface area contributed by atoms with E-state index in [0.29, 0.717) is 6.61 Å². The molecule has 1 aromatic heterocycles. The second-order valence-corrected chi connectivity index (χ2v) is 7.54. The summed E-state index contributed by atoms with van der Waals surface area (Å²) < 4.78 is 8.10. The minimum absolute atomic E-state index is 0.129. The fraction of sp³-hybridized carbons (Fsp3) is 0.417. The van der Waals surface area contributed by atoms with Gasteiger partial charge >= 0.3 is 0 Å². The maximum atomic E-state index is 13.0. The van der Waals surface area contributed by atoms with E-state index >= 15 is 0 Å². The number of nitrogens with zero attached hydrogens (tertiary/aromatic N) is 3. The van der Waals surface area contributed by atoms with Crippen molar-refractivity contribution in [2.24, 2.45) is 0 Å². The van der Waals surface area contributed by atoms with Crippen molar-refractivity contribution < 1.29 is 9.53 Å². The number of hydrogen-bond donors (Lipinski definition) is 0. The van der Waals surface area contributed by atoms with Crippen molar-refractivity contribution >= 4 is 16.9 Å². The van der Waals surface area contributed by atoms with E-state index in [4.69, 9.17) is 9.72 Å². The molecule has 5 heteroatoms. The van der Waals surface area contributed by atoms with Gasteiger partial charge in [-0.1, -0.05) is 38.1 Å². The lowest BCUT2D eigenvalue weighted by molar-refractivity contribution is -0.131. The zero-order valence-corrected chi connectivity index (χ0v) is 17.9. The zero-order valence-electron chi connectivity index (χ0n) is 17.9. The van der Waals surface area contributed by atoms with E-state index in [9.17, 15) is 4.79 Å². The lowest BCUT2D eigenvalue weighted by atomic mass is 10.1. The Bertz CT molecular complexity index is 971. The van der Waals surface area contributed by atoms with E-state index in [1.165, 1.54) is 0 Å². The van der Waals surface area contributed by atoms with E-state index in [1.54, 1.807) is 0 Å². The summed E-state index contributed by atoms with van der Waals surface area (Å²) in [6.07, 6.45) is 1.91. The topological polar surface area (TPSA) is 47.4 Å². The normalized spacial score (nSPS) is 11.0. The summed E-state index contributed by atoms with van der Waals surface area (Å²) in [5.74, 6) is 1.76. The van der Waals surface area contributed by atoms with Crippen LogP contribution in [0.1, 0.15) is 43.6 Å². The highest BCUT2D eigenvalue weighted by Gasteiger charge is 2.18. The van der Waals surface area contributed by atoms with E-state index in [-0.39, 0.29) is 12.5 Å². The van der Waals surface area contributed by atoms with Gasteiger partial charge in [-0.25, -0.2) is 4.98 Å². The first kappa shape index (κ1) is 20.9. The van der Waals surface area contributed by atoms with Crippen molar-refractivity contribution in [3.05, 3.63) is 59.4 Å². The number of carbonyl (C=O) groups is 1. The average molecular weight is 394 g/mol. The summed E-state index contributed by atoms with van der Waals surface area (Å²) in [6, 6.07) is 14.1. The van der Waals surface area contributed by atoms with Crippen LogP contribution in [-0.2, 0) is 17.9 Å². The average Bonchev–Trinajstić information content (AvgIpc) is 3.06. The van der Waals surface area contributed by atoms with Gasteiger partial charge in [-0.2, -0.15) is 0 Å². The van der Waals surface area contributed by atoms with E-state index in [0.717, 1.165) is 59.7 Å². The summed E-state index contributed by atoms with van der Waals surface area (Å²) in [7, 11) is 0. The number of benzene rings is 2. The molecule has 0 bridgehead atoms.